The molecule has 1 aromatic rings. The first kappa shape index (κ1) is 13.1. The normalized spacial score (nSPS) is 10.7. The molecule has 0 saturated heterocycles. The quantitative estimate of drug-likeness (QED) is 0.760. The lowest BCUT2D eigenvalue weighted by molar-refractivity contribution is 0.177. The molecule has 0 spiro atoms. The van der Waals surface area contributed by atoms with Crippen molar-refractivity contribution in [3.8, 4) is 0 Å². The molecule has 0 unspecified atom stereocenters. The van der Waals surface area contributed by atoms with Crippen LogP contribution in [-0.2, 0) is 14.9 Å². The number of benzene rings is 1. The number of nitrogens with zero attached hydrogens (tertiary/aromatic N) is 1. The number of hydrogen-bond donors (Lipinski definition) is 2. The molecule has 0 aromatic heterocycles. The Kier molecular flexibility index (Phi) is 3.79. The highest BCUT2D eigenvalue weighted by atomic mass is 32.2. The van der Waals surface area contributed by atoms with Crippen molar-refractivity contribution in [2.75, 3.05) is 24.2 Å². The molecule has 7 nitrogen and oxygen atoms in total. The maximum atomic E-state index is 11.7. The highest BCUT2D eigenvalue weighted by molar-refractivity contribution is 7.91. The summed E-state index contributed by atoms with van der Waals surface area (Å²) in [5.41, 5.74) is 6.18. The molecule has 0 heterocycles. The van der Waals surface area contributed by atoms with E-state index in [-0.39, 0.29) is 11.4 Å². The fourth-order valence-corrected chi connectivity index (χ4v) is 1.98. The number of amides is 1. The number of nitrogens with one attached hydrogen (secondary N) is 1. The average Bonchev–Trinajstić information content (AvgIpc) is 2.28. The third-order valence-electron chi connectivity index (χ3n) is 2.03. The summed E-state index contributed by atoms with van der Waals surface area (Å²) in [6, 6.07) is 6.38. The molecule has 17 heavy (non-hydrogen) atoms. The van der Waals surface area contributed by atoms with Crippen LogP contribution >= 0.6 is 0 Å². The lowest BCUT2D eigenvalue weighted by Crippen LogP contribution is -2.41. The first-order valence-corrected chi connectivity index (χ1v) is 6.01. The highest BCUT2D eigenvalue weighted by Gasteiger charge is 2.22. The molecule has 3 N–H and O–H groups in total. The first-order chi connectivity index (χ1) is 7.88. The summed E-state index contributed by atoms with van der Waals surface area (Å²) >= 11 is 0. The second-order valence-electron chi connectivity index (χ2n) is 3.12. The number of carbonyl (C=O) groups is 1. The van der Waals surface area contributed by atoms with E-state index in [0.29, 0.717) is 0 Å². The van der Waals surface area contributed by atoms with Gasteiger partial charge in [-0.25, -0.2) is 9.52 Å². The Morgan fingerprint density at radius 3 is 2.53 bits per heavy atom. The van der Waals surface area contributed by atoms with Gasteiger partial charge in [0.15, 0.2) is 0 Å². The van der Waals surface area contributed by atoms with Crippen molar-refractivity contribution in [1.82, 2.24) is 4.72 Å². The van der Waals surface area contributed by atoms with Crippen LogP contribution in [-0.4, -0.2) is 28.7 Å². The van der Waals surface area contributed by atoms with Crippen LogP contribution in [0, 0.1) is 0 Å². The molecule has 94 valence electrons. The highest BCUT2D eigenvalue weighted by Crippen LogP contribution is 2.22. The lowest BCUT2D eigenvalue weighted by atomic mass is 10.3. The SMILES string of the molecule is COC(=O)NS(=O)(=O)N(C)c1ccccc1N. The Bertz CT molecular complexity index is 515. The topological polar surface area (TPSA) is 102 Å². The van der Waals surface area contributed by atoms with Crippen molar-refractivity contribution < 1.29 is 17.9 Å². The summed E-state index contributed by atoms with van der Waals surface area (Å²) in [5.74, 6) is 0. The Morgan fingerprint density at radius 2 is 2.00 bits per heavy atom. The van der Waals surface area contributed by atoms with E-state index in [2.05, 4.69) is 4.74 Å². The average molecular weight is 259 g/mol. The van der Waals surface area contributed by atoms with Gasteiger partial charge in [0.05, 0.1) is 18.5 Å². The third kappa shape index (κ3) is 3.00. The van der Waals surface area contributed by atoms with E-state index >= 15 is 0 Å². The maximum absolute atomic E-state index is 11.7. The van der Waals surface area contributed by atoms with E-state index in [1.165, 1.54) is 13.1 Å². The van der Waals surface area contributed by atoms with Gasteiger partial charge in [-0.05, 0) is 12.1 Å². The fraction of sp³-hybridized carbons (Fsp3) is 0.222. The molecule has 0 fully saturated rings. The van der Waals surface area contributed by atoms with Crippen LogP contribution < -0.4 is 14.8 Å². The number of para-hydroxylation sites is 2. The number of nitrogen functional groups attached to an aromatic ring is 1. The summed E-state index contributed by atoms with van der Waals surface area (Å²) < 4.78 is 30.2. The summed E-state index contributed by atoms with van der Waals surface area (Å²) in [6.45, 7) is 0. The Hall–Kier alpha value is -1.96. The van der Waals surface area contributed by atoms with Gasteiger partial charge in [-0.2, -0.15) is 8.42 Å². The number of hydrogen-bond acceptors (Lipinski definition) is 5. The zero-order valence-electron chi connectivity index (χ0n) is 9.38. The molecule has 0 aliphatic carbocycles. The lowest BCUT2D eigenvalue weighted by Gasteiger charge is -2.20. The number of methoxy groups -OCH3 is 1. The smallest absolute Gasteiger partial charge is 0.422 e. The van der Waals surface area contributed by atoms with Crippen LogP contribution in [0.1, 0.15) is 0 Å². The summed E-state index contributed by atoms with van der Waals surface area (Å²) in [6.07, 6.45) is -1.06. The van der Waals surface area contributed by atoms with Crippen molar-refractivity contribution in [1.29, 1.82) is 0 Å². The van der Waals surface area contributed by atoms with Crippen molar-refractivity contribution in [2.45, 2.75) is 0 Å². The van der Waals surface area contributed by atoms with Crippen LogP contribution in [0.15, 0.2) is 24.3 Å². The molecular weight excluding hydrogens is 246 g/mol. The van der Waals surface area contributed by atoms with Crippen molar-refractivity contribution in [3.63, 3.8) is 0 Å². The second kappa shape index (κ2) is 4.91. The number of carbonyl (C=O) groups excluding carboxylic acids is 1. The second-order valence-corrected chi connectivity index (χ2v) is 4.83. The summed E-state index contributed by atoms with van der Waals surface area (Å²) in [7, 11) is -1.67. The Balaban J connectivity index is 3.01. The van der Waals surface area contributed by atoms with Crippen LogP contribution in [0.2, 0.25) is 0 Å². The van der Waals surface area contributed by atoms with Crippen LogP contribution in [0.5, 0.6) is 0 Å². The molecule has 0 atom stereocenters. The minimum absolute atomic E-state index is 0.268. The number of ether oxygens (including phenoxy) is 1. The predicted octanol–water partition coefficient (Wildman–Crippen LogP) is 0.306. The molecule has 0 aliphatic rings. The van der Waals surface area contributed by atoms with Gasteiger partial charge >= 0.3 is 16.3 Å². The maximum Gasteiger partial charge on any atom is 0.422 e. The number of anilines is 2. The standard InChI is InChI=1S/C9H13N3O4S/c1-12(8-6-4-3-5-7(8)10)17(14,15)11-9(13)16-2/h3-6H,10H2,1-2H3,(H,11,13). The van der Waals surface area contributed by atoms with Gasteiger partial charge in [-0.1, -0.05) is 12.1 Å². The molecule has 1 rings (SSSR count). The molecule has 0 aliphatic heterocycles. The van der Waals surface area contributed by atoms with Crippen LogP contribution in [0.25, 0.3) is 0 Å². The molecule has 1 aromatic carbocycles. The van der Waals surface area contributed by atoms with Gasteiger partial charge in [0.1, 0.15) is 0 Å². The van der Waals surface area contributed by atoms with E-state index in [9.17, 15) is 13.2 Å². The molecule has 0 bridgehead atoms. The van der Waals surface area contributed by atoms with E-state index in [4.69, 9.17) is 5.73 Å². The monoisotopic (exact) mass is 259 g/mol. The number of rotatable bonds is 3. The van der Waals surface area contributed by atoms with Gasteiger partial charge in [-0.3, -0.25) is 4.31 Å². The van der Waals surface area contributed by atoms with E-state index in [1.807, 2.05) is 0 Å². The van der Waals surface area contributed by atoms with E-state index in [1.54, 1.807) is 22.9 Å². The zero-order chi connectivity index (χ0) is 13.1. The van der Waals surface area contributed by atoms with Crippen molar-refractivity contribution >= 4 is 27.7 Å². The fourth-order valence-electron chi connectivity index (χ4n) is 1.12. The van der Waals surface area contributed by atoms with Crippen LogP contribution in [0.3, 0.4) is 0 Å². The molecule has 1 amide bonds. The van der Waals surface area contributed by atoms with Gasteiger partial charge < -0.3 is 10.5 Å². The predicted molar refractivity (Wildman–Crippen MR) is 63.7 cm³/mol. The van der Waals surface area contributed by atoms with Gasteiger partial charge in [0, 0.05) is 7.05 Å². The molecule has 0 saturated carbocycles. The molecule has 8 heteroatoms. The zero-order valence-corrected chi connectivity index (χ0v) is 10.2. The van der Waals surface area contributed by atoms with E-state index in [0.717, 1.165) is 11.4 Å². The van der Waals surface area contributed by atoms with Crippen LogP contribution in [0.4, 0.5) is 16.2 Å². The van der Waals surface area contributed by atoms with Crippen molar-refractivity contribution in [2.24, 2.45) is 0 Å². The summed E-state index contributed by atoms with van der Waals surface area (Å²) in [5, 5.41) is 0. The molecular formula is C9H13N3O4S. The van der Waals surface area contributed by atoms with E-state index < -0.39 is 16.3 Å². The first-order valence-electron chi connectivity index (χ1n) is 4.57. The van der Waals surface area contributed by atoms with Gasteiger partial charge in [0.2, 0.25) is 0 Å². The largest absolute Gasteiger partial charge is 0.452 e. The third-order valence-corrected chi connectivity index (χ3v) is 3.38. The Labute approximate surface area is 99.3 Å². The number of nitrogens with two attached hydrogens (primary N) is 1. The molecule has 0 radical (unpaired) electrons. The minimum Gasteiger partial charge on any atom is -0.452 e. The minimum atomic E-state index is -4.02. The van der Waals surface area contributed by atoms with Crippen molar-refractivity contribution in [3.05, 3.63) is 24.3 Å². The summed E-state index contributed by atoms with van der Waals surface area (Å²) in [4.78, 5) is 10.9. The van der Waals surface area contributed by atoms with Gasteiger partial charge in [-0.15, -0.1) is 0 Å². The Morgan fingerprint density at radius 1 is 1.41 bits per heavy atom. The van der Waals surface area contributed by atoms with Gasteiger partial charge in [0.25, 0.3) is 0 Å².